The van der Waals surface area contributed by atoms with Gasteiger partial charge in [0.1, 0.15) is 11.9 Å². The van der Waals surface area contributed by atoms with Crippen LogP contribution in [0.25, 0.3) is 0 Å². The molecule has 0 radical (unpaired) electrons. The van der Waals surface area contributed by atoms with Crippen molar-refractivity contribution in [2.75, 3.05) is 10.6 Å². The van der Waals surface area contributed by atoms with E-state index in [1.807, 2.05) is 32.0 Å². The minimum Gasteiger partial charge on any atom is -0.374 e. The lowest BCUT2D eigenvalue weighted by atomic mass is 10.1. The number of anilines is 2. The average molecular weight is 286 g/mol. The van der Waals surface area contributed by atoms with Crippen LogP contribution in [-0.2, 0) is 4.79 Å². The van der Waals surface area contributed by atoms with Crippen LogP contribution in [0, 0.1) is 19.7 Å². The van der Waals surface area contributed by atoms with E-state index in [0.29, 0.717) is 0 Å². The van der Waals surface area contributed by atoms with Gasteiger partial charge in [0, 0.05) is 5.69 Å². The van der Waals surface area contributed by atoms with Gasteiger partial charge in [0.2, 0.25) is 5.91 Å². The van der Waals surface area contributed by atoms with E-state index in [1.165, 1.54) is 12.1 Å². The smallest absolute Gasteiger partial charge is 0.246 e. The lowest BCUT2D eigenvalue weighted by Crippen LogP contribution is -2.32. The molecule has 4 heteroatoms. The Morgan fingerprint density at radius 3 is 2.52 bits per heavy atom. The van der Waals surface area contributed by atoms with Gasteiger partial charge in [-0.05, 0) is 50.1 Å². The van der Waals surface area contributed by atoms with Gasteiger partial charge in [-0.1, -0.05) is 24.3 Å². The molecule has 2 aromatic carbocycles. The standard InChI is InChI=1S/C17H19FN2O/c1-11-8-9-12(2)16(10-11)19-13(3)17(21)20-15-7-5-4-6-14(15)18/h4-10,13,19H,1-3H3,(H,20,21). The second-order valence-corrected chi connectivity index (χ2v) is 5.15. The van der Waals surface area contributed by atoms with E-state index in [-0.39, 0.29) is 11.6 Å². The van der Waals surface area contributed by atoms with Gasteiger partial charge in [0.25, 0.3) is 0 Å². The molecule has 3 nitrogen and oxygen atoms in total. The maximum atomic E-state index is 13.5. The zero-order valence-electron chi connectivity index (χ0n) is 12.4. The zero-order valence-corrected chi connectivity index (χ0v) is 12.4. The summed E-state index contributed by atoms with van der Waals surface area (Å²) in [7, 11) is 0. The normalized spacial score (nSPS) is 11.8. The number of benzene rings is 2. The molecule has 1 atom stereocenters. The van der Waals surface area contributed by atoms with Gasteiger partial charge in [-0.25, -0.2) is 4.39 Å². The van der Waals surface area contributed by atoms with Crippen LogP contribution in [0.4, 0.5) is 15.8 Å². The molecule has 0 aliphatic carbocycles. The minimum atomic E-state index is -0.467. The third-order valence-corrected chi connectivity index (χ3v) is 3.29. The first-order chi connectivity index (χ1) is 9.97. The van der Waals surface area contributed by atoms with E-state index in [2.05, 4.69) is 10.6 Å². The SMILES string of the molecule is Cc1ccc(C)c(NC(C)C(=O)Nc2ccccc2F)c1. The molecule has 1 amide bonds. The third-order valence-electron chi connectivity index (χ3n) is 3.29. The lowest BCUT2D eigenvalue weighted by molar-refractivity contribution is -0.116. The van der Waals surface area contributed by atoms with Crippen LogP contribution < -0.4 is 10.6 Å². The van der Waals surface area contributed by atoms with Gasteiger partial charge in [0.05, 0.1) is 5.69 Å². The number of halogens is 1. The quantitative estimate of drug-likeness (QED) is 0.895. The minimum absolute atomic E-state index is 0.192. The van der Waals surface area contributed by atoms with Gasteiger partial charge < -0.3 is 10.6 Å². The van der Waals surface area contributed by atoms with E-state index in [0.717, 1.165) is 16.8 Å². The van der Waals surface area contributed by atoms with Crippen molar-refractivity contribution >= 4 is 17.3 Å². The number of nitrogens with one attached hydrogen (secondary N) is 2. The lowest BCUT2D eigenvalue weighted by Gasteiger charge is -2.17. The van der Waals surface area contributed by atoms with Crippen LogP contribution in [0.1, 0.15) is 18.1 Å². The topological polar surface area (TPSA) is 41.1 Å². The molecule has 0 heterocycles. The molecule has 21 heavy (non-hydrogen) atoms. The van der Waals surface area contributed by atoms with Gasteiger partial charge in [-0.3, -0.25) is 4.79 Å². The number of amides is 1. The Labute approximate surface area is 124 Å². The monoisotopic (exact) mass is 286 g/mol. The van der Waals surface area contributed by atoms with Crippen LogP contribution in [0.2, 0.25) is 0 Å². The number of carbonyl (C=O) groups is 1. The number of rotatable bonds is 4. The van der Waals surface area contributed by atoms with E-state index >= 15 is 0 Å². The first kappa shape index (κ1) is 15.0. The highest BCUT2D eigenvalue weighted by molar-refractivity contribution is 5.96. The fraction of sp³-hybridized carbons (Fsp3) is 0.235. The molecule has 2 aromatic rings. The molecule has 0 bridgehead atoms. The summed E-state index contributed by atoms with van der Waals surface area (Å²) in [4.78, 5) is 12.1. The maximum absolute atomic E-state index is 13.5. The second kappa shape index (κ2) is 6.39. The van der Waals surface area contributed by atoms with Gasteiger partial charge in [-0.15, -0.1) is 0 Å². The number of para-hydroxylation sites is 1. The van der Waals surface area contributed by atoms with E-state index in [9.17, 15) is 9.18 Å². The largest absolute Gasteiger partial charge is 0.374 e. The second-order valence-electron chi connectivity index (χ2n) is 5.15. The Balaban J connectivity index is 2.06. The molecule has 0 aromatic heterocycles. The van der Waals surface area contributed by atoms with E-state index in [4.69, 9.17) is 0 Å². The molecule has 0 spiro atoms. The number of hydrogen-bond donors (Lipinski definition) is 2. The highest BCUT2D eigenvalue weighted by Crippen LogP contribution is 2.18. The molecule has 0 saturated carbocycles. The Kier molecular flexibility index (Phi) is 4.58. The summed E-state index contributed by atoms with van der Waals surface area (Å²) in [6.07, 6.45) is 0. The first-order valence-electron chi connectivity index (χ1n) is 6.86. The molecule has 0 saturated heterocycles. The molecule has 0 fully saturated rings. The molecule has 0 aliphatic rings. The first-order valence-corrected chi connectivity index (χ1v) is 6.86. The Morgan fingerprint density at radius 2 is 1.81 bits per heavy atom. The zero-order chi connectivity index (χ0) is 15.4. The van der Waals surface area contributed by atoms with Gasteiger partial charge >= 0.3 is 0 Å². The van der Waals surface area contributed by atoms with Crippen molar-refractivity contribution in [2.45, 2.75) is 26.8 Å². The average Bonchev–Trinajstić information content (AvgIpc) is 2.45. The summed E-state index contributed by atoms with van der Waals surface area (Å²) in [5.74, 6) is -0.717. The number of hydrogen-bond acceptors (Lipinski definition) is 2. The fourth-order valence-corrected chi connectivity index (χ4v) is 1.99. The summed E-state index contributed by atoms with van der Waals surface area (Å²) in [6.45, 7) is 5.72. The molecule has 110 valence electrons. The van der Waals surface area contributed by atoms with Crippen molar-refractivity contribution in [1.82, 2.24) is 0 Å². The molecule has 2 N–H and O–H groups in total. The van der Waals surface area contributed by atoms with Crippen molar-refractivity contribution in [2.24, 2.45) is 0 Å². The highest BCUT2D eigenvalue weighted by Gasteiger charge is 2.15. The van der Waals surface area contributed by atoms with Crippen molar-refractivity contribution in [3.05, 3.63) is 59.4 Å². The third kappa shape index (κ3) is 3.81. The van der Waals surface area contributed by atoms with Crippen LogP contribution in [0.3, 0.4) is 0 Å². The summed E-state index contributed by atoms with van der Waals surface area (Å²) in [5.41, 5.74) is 3.28. The summed E-state index contributed by atoms with van der Waals surface area (Å²) < 4.78 is 13.5. The summed E-state index contributed by atoms with van der Waals surface area (Å²) in [6, 6.07) is 11.7. The highest BCUT2D eigenvalue weighted by atomic mass is 19.1. The number of carbonyl (C=O) groups excluding carboxylic acids is 1. The van der Waals surface area contributed by atoms with E-state index < -0.39 is 11.9 Å². The van der Waals surface area contributed by atoms with Crippen LogP contribution in [0.15, 0.2) is 42.5 Å². The van der Waals surface area contributed by atoms with Crippen molar-refractivity contribution in [1.29, 1.82) is 0 Å². The van der Waals surface area contributed by atoms with Crippen molar-refractivity contribution in [3.8, 4) is 0 Å². The van der Waals surface area contributed by atoms with Gasteiger partial charge in [-0.2, -0.15) is 0 Å². The Hall–Kier alpha value is -2.36. The van der Waals surface area contributed by atoms with Gasteiger partial charge in [0.15, 0.2) is 0 Å². The van der Waals surface area contributed by atoms with Crippen LogP contribution >= 0.6 is 0 Å². The fourth-order valence-electron chi connectivity index (χ4n) is 1.99. The van der Waals surface area contributed by atoms with Crippen molar-refractivity contribution < 1.29 is 9.18 Å². The predicted molar refractivity (Wildman–Crippen MR) is 84.0 cm³/mol. The van der Waals surface area contributed by atoms with E-state index in [1.54, 1.807) is 19.1 Å². The number of aryl methyl sites for hydroxylation is 2. The van der Waals surface area contributed by atoms with Crippen LogP contribution in [0.5, 0.6) is 0 Å². The predicted octanol–water partition coefficient (Wildman–Crippen LogP) is 3.88. The summed E-state index contributed by atoms with van der Waals surface area (Å²) in [5, 5.41) is 5.74. The molecular formula is C17H19FN2O. The maximum Gasteiger partial charge on any atom is 0.246 e. The van der Waals surface area contributed by atoms with Crippen LogP contribution in [-0.4, -0.2) is 11.9 Å². The summed E-state index contributed by atoms with van der Waals surface area (Å²) >= 11 is 0. The Bertz CT molecular complexity index is 655. The van der Waals surface area contributed by atoms with Crippen molar-refractivity contribution in [3.63, 3.8) is 0 Å². The molecular weight excluding hydrogens is 267 g/mol. The molecule has 2 rings (SSSR count). The Morgan fingerprint density at radius 1 is 1.10 bits per heavy atom. The molecule has 0 aliphatic heterocycles. The molecule has 1 unspecified atom stereocenters.